The maximum Gasteiger partial charge on any atom is 0.180 e. The summed E-state index contributed by atoms with van der Waals surface area (Å²) >= 11 is 10.9. The van der Waals surface area contributed by atoms with Crippen molar-refractivity contribution in [3.63, 3.8) is 0 Å². The molecule has 3 heterocycles. The van der Waals surface area contributed by atoms with Gasteiger partial charge in [-0.3, -0.25) is 4.40 Å². The van der Waals surface area contributed by atoms with Gasteiger partial charge in [-0.2, -0.15) is 0 Å². The van der Waals surface area contributed by atoms with Crippen molar-refractivity contribution in [2.45, 2.75) is 0 Å². The van der Waals surface area contributed by atoms with Gasteiger partial charge in [0.15, 0.2) is 11.5 Å². The fraction of sp³-hybridized carbons (Fsp3) is 0. The van der Waals surface area contributed by atoms with Crippen LogP contribution in [0, 0.1) is 0 Å². The van der Waals surface area contributed by atoms with E-state index in [-0.39, 0.29) is 0 Å². The predicted molar refractivity (Wildman–Crippen MR) is 66.8 cm³/mol. The fourth-order valence-electron chi connectivity index (χ4n) is 1.38. The molecule has 0 aliphatic heterocycles. The minimum absolute atomic E-state index is 0.414. The molecular weight excluding hydrogens is 312 g/mol. The highest BCUT2D eigenvalue weighted by atomic mass is 79.9. The predicted octanol–water partition coefficient (Wildman–Crippen LogP) is 3.27. The van der Waals surface area contributed by atoms with Gasteiger partial charge < -0.3 is 0 Å². The van der Waals surface area contributed by atoms with Crippen molar-refractivity contribution in [2.75, 3.05) is 0 Å². The first-order valence-corrected chi connectivity index (χ1v) is 6.40. The molecule has 0 saturated carbocycles. The number of rotatable bonds is 1. The molecule has 3 aromatic rings. The Hall–Kier alpha value is -0.980. The Kier molecular flexibility index (Phi) is 2.42. The summed E-state index contributed by atoms with van der Waals surface area (Å²) in [5, 5.41) is 10.6. The maximum absolute atomic E-state index is 5.79. The Morgan fingerprint density at radius 3 is 3.00 bits per heavy atom. The van der Waals surface area contributed by atoms with Crippen molar-refractivity contribution >= 4 is 44.5 Å². The molecule has 0 aliphatic carbocycles. The van der Waals surface area contributed by atoms with Gasteiger partial charge >= 0.3 is 0 Å². The molecule has 0 unspecified atom stereocenters. The number of halogens is 2. The van der Waals surface area contributed by atoms with Gasteiger partial charge in [-0.1, -0.05) is 11.6 Å². The van der Waals surface area contributed by atoms with Gasteiger partial charge in [0.25, 0.3) is 0 Å². The zero-order valence-corrected chi connectivity index (χ0v) is 10.9. The summed E-state index contributed by atoms with van der Waals surface area (Å²) in [5.41, 5.74) is 0.690. The lowest BCUT2D eigenvalue weighted by molar-refractivity contribution is 1.08. The van der Waals surface area contributed by atoms with Crippen molar-refractivity contribution in [2.24, 2.45) is 0 Å². The van der Waals surface area contributed by atoms with Crippen LogP contribution in [0.3, 0.4) is 0 Å². The number of aromatic nitrogens is 4. The second kappa shape index (κ2) is 3.80. The van der Waals surface area contributed by atoms with Gasteiger partial charge in [0.1, 0.15) is 11.5 Å². The van der Waals surface area contributed by atoms with E-state index in [1.54, 1.807) is 23.7 Å². The number of fused-ring (bicyclic) bond motifs is 1. The van der Waals surface area contributed by atoms with Crippen molar-refractivity contribution < 1.29 is 0 Å². The van der Waals surface area contributed by atoms with Gasteiger partial charge in [0.05, 0.1) is 4.88 Å². The second-order valence-corrected chi connectivity index (χ2v) is 5.22. The monoisotopic (exact) mass is 314 g/mol. The normalized spacial score (nSPS) is 11.1. The quantitative estimate of drug-likeness (QED) is 0.647. The van der Waals surface area contributed by atoms with Gasteiger partial charge in [-0.15, -0.1) is 21.5 Å². The van der Waals surface area contributed by atoms with Gasteiger partial charge in [-0.25, -0.2) is 4.98 Å². The lowest BCUT2D eigenvalue weighted by Gasteiger charge is -1.97. The van der Waals surface area contributed by atoms with Crippen LogP contribution in [0.1, 0.15) is 0 Å². The van der Waals surface area contributed by atoms with Gasteiger partial charge in [0.2, 0.25) is 0 Å². The Bertz CT molecular complexity index is 662. The molecule has 0 atom stereocenters. The van der Waals surface area contributed by atoms with Crippen LogP contribution in [0.2, 0.25) is 5.15 Å². The molecule has 0 fully saturated rings. The fourth-order valence-corrected chi connectivity index (χ4v) is 3.05. The SMILES string of the molecule is Clc1cc2nnc(-c3sccc3Br)n2cn1. The maximum atomic E-state index is 5.79. The van der Waals surface area contributed by atoms with E-state index < -0.39 is 0 Å². The average molecular weight is 316 g/mol. The minimum atomic E-state index is 0.414. The van der Waals surface area contributed by atoms with Crippen LogP contribution in [-0.2, 0) is 0 Å². The summed E-state index contributed by atoms with van der Waals surface area (Å²) in [6, 6.07) is 3.66. The third kappa shape index (κ3) is 1.53. The van der Waals surface area contributed by atoms with Crippen molar-refractivity contribution in [1.82, 2.24) is 19.6 Å². The van der Waals surface area contributed by atoms with Crippen LogP contribution in [0.25, 0.3) is 16.3 Å². The van der Waals surface area contributed by atoms with Crippen molar-refractivity contribution in [1.29, 1.82) is 0 Å². The molecule has 80 valence electrons. The molecule has 16 heavy (non-hydrogen) atoms. The molecule has 3 rings (SSSR count). The van der Waals surface area contributed by atoms with Crippen LogP contribution in [0.15, 0.2) is 28.3 Å². The molecule has 0 aromatic carbocycles. The van der Waals surface area contributed by atoms with Crippen molar-refractivity contribution in [3.8, 4) is 10.7 Å². The Morgan fingerprint density at radius 1 is 1.38 bits per heavy atom. The number of nitrogens with zero attached hydrogens (tertiary/aromatic N) is 4. The minimum Gasteiger partial charge on any atom is -0.264 e. The van der Waals surface area contributed by atoms with Gasteiger partial charge in [-0.05, 0) is 27.4 Å². The highest BCUT2D eigenvalue weighted by molar-refractivity contribution is 9.10. The van der Waals surface area contributed by atoms with E-state index >= 15 is 0 Å². The van der Waals surface area contributed by atoms with Crippen LogP contribution >= 0.6 is 38.9 Å². The third-order valence-electron chi connectivity index (χ3n) is 2.09. The lowest BCUT2D eigenvalue weighted by Crippen LogP contribution is -1.89. The third-order valence-corrected chi connectivity index (χ3v) is 4.13. The molecule has 3 aromatic heterocycles. The molecule has 0 radical (unpaired) electrons. The summed E-state index contributed by atoms with van der Waals surface area (Å²) < 4.78 is 2.81. The molecule has 0 spiro atoms. The Balaban J connectivity index is 2.30. The van der Waals surface area contributed by atoms with E-state index in [4.69, 9.17) is 11.6 Å². The first-order valence-electron chi connectivity index (χ1n) is 4.35. The molecule has 0 N–H and O–H groups in total. The summed E-state index contributed by atoms with van der Waals surface area (Å²) in [6.45, 7) is 0. The standard InChI is InChI=1S/C9H4BrClN4S/c10-5-1-2-16-8(5)9-14-13-7-3-6(11)12-4-15(7)9/h1-4H. The van der Waals surface area contributed by atoms with E-state index in [0.717, 1.165) is 15.2 Å². The van der Waals surface area contributed by atoms with Crippen LogP contribution in [0.4, 0.5) is 0 Å². The highest BCUT2D eigenvalue weighted by Crippen LogP contribution is 2.32. The van der Waals surface area contributed by atoms with Crippen LogP contribution in [0.5, 0.6) is 0 Å². The van der Waals surface area contributed by atoms with Crippen LogP contribution < -0.4 is 0 Å². The molecule has 4 nitrogen and oxygen atoms in total. The number of thiophene rings is 1. The Morgan fingerprint density at radius 2 is 2.25 bits per heavy atom. The average Bonchev–Trinajstić information content (AvgIpc) is 2.83. The first kappa shape index (κ1) is 10.2. The molecular formula is C9H4BrClN4S. The highest BCUT2D eigenvalue weighted by Gasteiger charge is 2.12. The van der Waals surface area contributed by atoms with E-state index in [0.29, 0.717) is 10.8 Å². The molecule has 7 heteroatoms. The second-order valence-electron chi connectivity index (χ2n) is 3.06. The summed E-state index contributed by atoms with van der Waals surface area (Å²) in [4.78, 5) is 5.04. The molecule has 0 bridgehead atoms. The first-order chi connectivity index (χ1) is 7.75. The summed E-state index contributed by atoms with van der Waals surface area (Å²) in [5.74, 6) is 0.765. The number of hydrogen-bond acceptors (Lipinski definition) is 4. The zero-order valence-electron chi connectivity index (χ0n) is 7.76. The topological polar surface area (TPSA) is 43.1 Å². The molecule has 0 saturated heterocycles. The Labute approximate surface area is 108 Å². The smallest absolute Gasteiger partial charge is 0.180 e. The summed E-state index contributed by atoms with van der Waals surface area (Å²) in [6.07, 6.45) is 1.62. The molecule has 0 aliphatic rings. The molecule has 0 amide bonds. The van der Waals surface area contributed by atoms with E-state index in [2.05, 4.69) is 31.1 Å². The van der Waals surface area contributed by atoms with E-state index in [1.807, 2.05) is 15.8 Å². The zero-order chi connectivity index (χ0) is 11.1. The van der Waals surface area contributed by atoms with E-state index in [9.17, 15) is 0 Å². The van der Waals surface area contributed by atoms with Gasteiger partial charge in [0, 0.05) is 10.5 Å². The van der Waals surface area contributed by atoms with E-state index in [1.165, 1.54) is 0 Å². The van der Waals surface area contributed by atoms with Crippen LogP contribution in [-0.4, -0.2) is 19.6 Å². The lowest BCUT2D eigenvalue weighted by atomic mass is 10.4. The summed E-state index contributed by atoms with van der Waals surface area (Å²) in [7, 11) is 0. The van der Waals surface area contributed by atoms with Crippen molar-refractivity contribution in [3.05, 3.63) is 33.5 Å². The number of hydrogen-bond donors (Lipinski definition) is 0. The largest absolute Gasteiger partial charge is 0.264 e.